The highest BCUT2D eigenvalue weighted by atomic mass is 127. The first-order chi connectivity index (χ1) is 7.16. The molecule has 1 aromatic rings. The predicted octanol–water partition coefficient (Wildman–Crippen LogP) is 1.05. The molecule has 1 aromatic heterocycles. The Hall–Kier alpha value is -0.560. The van der Waals surface area contributed by atoms with Crippen molar-refractivity contribution < 1.29 is 4.79 Å². The summed E-state index contributed by atoms with van der Waals surface area (Å²) in [6, 6.07) is 2.27. The Morgan fingerprint density at radius 2 is 2.47 bits per heavy atom. The van der Waals surface area contributed by atoms with Gasteiger partial charge < -0.3 is 15.2 Å². The molecule has 1 aliphatic heterocycles. The van der Waals surface area contributed by atoms with Gasteiger partial charge in [-0.05, 0) is 35.6 Å². The van der Waals surface area contributed by atoms with E-state index in [4.69, 9.17) is 0 Å². The van der Waals surface area contributed by atoms with Crippen molar-refractivity contribution in [3.05, 3.63) is 21.5 Å². The van der Waals surface area contributed by atoms with Crippen LogP contribution in [0.2, 0.25) is 0 Å². The lowest BCUT2D eigenvalue weighted by atomic mass is 10.2. The fourth-order valence-corrected chi connectivity index (χ4v) is 2.25. The molecule has 1 amide bonds. The van der Waals surface area contributed by atoms with Gasteiger partial charge in [0.2, 0.25) is 0 Å². The average Bonchev–Trinajstić information content (AvgIpc) is 2.64. The predicted molar refractivity (Wildman–Crippen MR) is 66.9 cm³/mol. The highest BCUT2D eigenvalue weighted by Crippen LogP contribution is 2.10. The molecule has 4 nitrogen and oxygen atoms in total. The Kier molecular flexibility index (Phi) is 3.30. The van der Waals surface area contributed by atoms with E-state index in [0.717, 1.165) is 23.2 Å². The second kappa shape index (κ2) is 4.52. The Balaban J connectivity index is 2.07. The summed E-state index contributed by atoms with van der Waals surface area (Å²) < 4.78 is 1.07. The molecule has 2 heterocycles. The lowest BCUT2D eigenvalue weighted by Crippen LogP contribution is -2.51. The van der Waals surface area contributed by atoms with Crippen LogP contribution < -0.4 is 5.32 Å². The molecule has 1 atom stereocenters. The van der Waals surface area contributed by atoms with E-state index in [9.17, 15) is 4.79 Å². The number of aromatic amines is 1. The van der Waals surface area contributed by atoms with Crippen LogP contribution in [0.3, 0.4) is 0 Å². The molecule has 0 aromatic carbocycles. The van der Waals surface area contributed by atoms with E-state index in [1.54, 1.807) is 0 Å². The Labute approximate surface area is 103 Å². The summed E-state index contributed by atoms with van der Waals surface area (Å²) in [5, 5.41) is 3.32. The molecule has 2 rings (SSSR count). The molecule has 1 saturated heterocycles. The minimum Gasteiger partial charge on any atom is -0.356 e. The van der Waals surface area contributed by atoms with Crippen LogP contribution >= 0.6 is 22.6 Å². The van der Waals surface area contributed by atoms with Crippen LogP contribution in [0.1, 0.15) is 17.4 Å². The van der Waals surface area contributed by atoms with E-state index in [2.05, 4.69) is 39.8 Å². The maximum atomic E-state index is 12.0. The van der Waals surface area contributed by atoms with E-state index < -0.39 is 0 Å². The fraction of sp³-hybridized carbons (Fsp3) is 0.500. The molecule has 0 saturated carbocycles. The number of halogens is 1. The number of hydrogen-bond acceptors (Lipinski definition) is 2. The van der Waals surface area contributed by atoms with E-state index in [1.807, 2.05) is 17.2 Å². The number of piperazine rings is 1. The normalized spacial score (nSPS) is 21.7. The first kappa shape index (κ1) is 10.9. The summed E-state index contributed by atoms with van der Waals surface area (Å²) in [5.74, 6) is 0.103. The lowest BCUT2D eigenvalue weighted by Gasteiger charge is -2.31. The second-order valence-electron chi connectivity index (χ2n) is 3.84. The zero-order valence-corrected chi connectivity index (χ0v) is 10.7. The van der Waals surface area contributed by atoms with Gasteiger partial charge in [-0.15, -0.1) is 0 Å². The van der Waals surface area contributed by atoms with Crippen molar-refractivity contribution in [1.82, 2.24) is 15.2 Å². The topological polar surface area (TPSA) is 48.1 Å². The van der Waals surface area contributed by atoms with Gasteiger partial charge in [0, 0.05) is 35.4 Å². The Morgan fingerprint density at radius 3 is 3.07 bits per heavy atom. The van der Waals surface area contributed by atoms with Crippen molar-refractivity contribution in [2.24, 2.45) is 0 Å². The van der Waals surface area contributed by atoms with Crippen molar-refractivity contribution in [3.8, 4) is 0 Å². The van der Waals surface area contributed by atoms with E-state index >= 15 is 0 Å². The molecular weight excluding hydrogens is 305 g/mol. The van der Waals surface area contributed by atoms with Gasteiger partial charge in [0.05, 0.1) is 0 Å². The summed E-state index contributed by atoms with van der Waals surface area (Å²) in [7, 11) is 0. The zero-order valence-electron chi connectivity index (χ0n) is 8.59. The number of carbonyl (C=O) groups excluding carboxylic acids is 1. The molecule has 0 aliphatic carbocycles. The maximum Gasteiger partial charge on any atom is 0.270 e. The third-order valence-electron chi connectivity index (χ3n) is 2.53. The molecule has 0 unspecified atom stereocenters. The summed E-state index contributed by atoms with van der Waals surface area (Å²) in [5.41, 5.74) is 0.688. The van der Waals surface area contributed by atoms with Gasteiger partial charge in [-0.1, -0.05) is 0 Å². The Bertz CT molecular complexity index is 363. The SMILES string of the molecule is C[C@@H]1CN(C(=O)c2cc(I)c[nH]2)CCN1. The molecule has 0 radical (unpaired) electrons. The Morgan fingerprint density at radius 1 is 1.67 bits per heavy atom. The van der Waals surface area contributed by atoms with Gasteiger partial charge in [-0.3, -0.25) is 4.79 Å². The van der Waals surface area contributed by atoms with Gasteiger partial charge in [0.1, 0.15) is 5.69 Å². The van der Waals surface area contributed by atoms with Crippen molar-refractivity contribution in [2.45, 2.75) is 13.0 Å². The van der Waals surface area contributed by atoms with Gasteiger partial charge in [-0.2, -0.15) is 0 Å². The van der Waals surface area contributed by atoms with Gasteiger partial charge in [-0.25, -0.2) is 0 Å². The number of aromatic nitrogens is 1. The fourth-order valence-electron chi connectivity index (χ4n) is 1.78. The number of rotatable bonds is 1. The molecule has 0 bridgehead atoms. The maximum absolute atomic E-state index is 12.0. The van der Waals surface area contributed by atoms with Crippen LogP contribution in [-0.4, -0.2) is 41.5 Å². The van der Waals surface area contributed by atoms with E-state index in [0.29, 0.717) is 11.7 Å². The van der Waals surface area contributed by atoms with Crippen LogP contribution in [0.15, 0.2) is 12.3 Å². The highest BCUT2D eigenvalue weighted by molar-refractivity contribution is 14.1. The summed E-state index contributed by atoms with van der Waals surface area (Å²) in [4.78, 5) is 16.9. The van der Waals surface area contributed by atoms with Gasteiger partial charge >= 0.3 is 0 Å². The summed E-state index contributed by atoms with van der Waals surface area (Å²) >= 11 is 2.19. The van der Waals surface area contributed by atoms with E-state index in [1.165, 1.54) is 0 Å². The van der Waals surface area contributed by atoms with Crippen LogP contribution in [0.4, 0.5) is 0 Å². The number of carbonyl (C=O) groups is 1. The first-order valence-electron chi connectivity index (χ1n) is 5.03. The number of nitrogens with zero attached hydrogens (tertiary/aromatic N) is 1. The van der Waals surface area contributed by atoms with Crippen LogP contribution in [0, 0.1) is 3.57 Å². The summed E-state index contributed by atoms with van der Waals surface area (Å²) in [6.07, 6.45) is 1.85. The van der Waals surface area contributed by atoms with Crippen molar-refractivity contribution >= 4 is 28.5 Å². The number of hydrogen-bond donors (Lipinski definition) is 2. The van der Waals surface area contributed by atoms with Crippen molar-refractivity contribution in [1.29, 1.82) is 0 Å². The quantitative estimate of drug-likeness (QED) is 0.761. The van der Waals surface area contributed by atoms with Gasteiger partial charge in [0.25, 0.3) is 5.91 Å². The van der Waals surface area contributed by atoms with E-state index in [-0.39, 0.29) is 5.91 Å². The molecule has 2 N–H and O–H groups in total. The molecule has 1 fully saturated rings. The van der Waals surface area contributed by atoms with Crippen molar-refractivity contribution in [2.75, 3.05) is 19.6 Å². The summed E-state index contributed by atoms with van der Waals surface area (Å²) in [6.45, 7) is 4.55. The standard InChI is InChI=1S/C10H14IN3O/c1-7-6-14(3-2-12-7)10(15)9-4-8(11)5-13-9/h4-5,7,12-13H,2-3,6H2,1H3/t7-/m1/s1. The van der Waals surface area contributed by atoms with Crippen LogP contribution in [-0.2, 0) is 0 Å². The minimum absolute atomic E-state index is 0.103. The van der Waals surface area contributed by atoms with Gasteiger partial charge in [0.15, 0.2) is 0 Å². The average molecular weight is 319 g/mol. The second-order valence-corrected chi connectivity index (χ2v) is 5.08. The monoisotopic (exact) mass is 319 g/mol. The third kappa shape index (κ3) is 2.52. The highest BCUT2D eigenvalue weighted by Gasteiger charge is 2.22. The largest absolute Gasteiger partial charge is 0.356 e. The van der Waals surface area contributed by atoms with Crippen LogP contribution in [0.25, 0.3) is 0 Å². The van der Waals surface area contributed by atoms with Crippen molar-refractivity contribution in [3.63, 3.8) is 0 Å². The lowest BCUT2D eigenvalue weighted by molar-refractivity contribution is 0.0704. The molecule has 15 heavy (non-hydrogen) atoms. The minimum atomic E-state index is 0.103. The number of amides is 1. The number of H-pyrrole nitrogens is 1. The zero-order chi connectivity index (χ0) is 10.8. The molecule has 82 valence electrons. The third-order valence-corrected chi connectivity index (χ3v) is 3.16. The molecule has 1 aliphatic rings. The molecular formula is C10H14IN3O. The molecule has 5 heteroatoms. The smallest absolute Gasteiger partial charge is 0.270 e. The number of nitrogens with one attached hydrogen (secondary N) is 2. The first-order valence-corrected chi connectivity index (χ1v) is 6.11. The van der Waals surface area contributed by atoms with Crippen LogP contribution in [0.5, 0.6) is 0 Å². The molecule has 0 spiro atoms.